The molecule has 20 heavy (non-hydrogen) atoms. The number of nitrogens with zero attached hydrogens (tertiary/aromatic N) is 2. The van der Waals surface area contributed by atoms with E-state index in [1.165, 1.54) is 18.4 Å². The van der Waals surface area contributed by atoms with Crippen LogP contribution in [0.4, 0.5) is 0 Å². The van der Waals surface area contributed by atoms with Crippen LogP contribution in [0.2, 0.25) is 0 Å². The number of hydrogen-bond acceptors (Lipinski definition) is 4. The van der Waals surface area contributed by atoms with Crippen molar-refractivity contribution in [3.63, 3.8) is 0 Å². The van der Waals surface area contributed by atoms with Gasteiger partial charge in [0.2, 0.25) is 11.7 Å². The van der Waals surface area contributed by atoms with E-state index in [1.54, 1.807) is 0 Å². The minimum Gasteiger partial charge on any atom is -0.339 e. The SMILES string of the molecule is Cc1ccc(-c2noc(CC3(N)CCCC3)n2)c(Br)c1. The van der Waals surface area contributed by atoms with E-state index in [0.29, 0.717) is 18.1 Å². The molecule has 1 aliphatic rings. The summed E-state index contributed by atoms with van der Waals surface area (Å²) >= 11 is 3.55. The summed E-state index contributed by atoms with van der Waals surface area (Å²) in [6.45, 7) is 2.05. The fourth-order valence-corrected chi connectivity index (χ4v) is 3.47. The van der Waals surface area contributed by atoms with Crippen LogP contribution < -0.4 is 5.73 Å². The maximum absolute atomic E-state index is 6.35. The Morgan fingerprint density at radius 2 is 2.10 bits per heavy atom. The molecule has 5 heteroatoms. The van der Waals surface area contributed by atoms with Crippen molar-refractivity contribution in [2.45, 2.75) is 44.6 Å². The first-order valence-electron chi connectivity index (χ1n) is 6.94. The molecule has 0 aliphatic heterocycles. The molecule has 0 bridgehead atoms. The van der Waals surface area contributed by atoms with Crippen LogP contribution in [0.5, 0.6) is 0 Å². The Labute approximate surface area is 126 Å². The molecule has 1 heterocycles. The van der Waals surface area contributed by atoms with Crippen LogP contribution in [0.3, 0.4) is 0 Å². The summed E-state index contributed by atoms with van der Waals surface area (Å²) < 4.78 is 6.35. The topological polar surface area (TPSA) is 64.9 Å². The van der Waals surface area contributed by atoms with Gasteiger partial charge in [-0.05, 0) is 37.5 Å². The second-order valence-electron chi connectivity index (χ2n) is 5.74. The van der Waals surface area contributed by atoms with E-state index in [2.05, 4.69) is 33.0 Å². The number of halogens is 1. The van der Waals surface area contributed by atoms with Gasteiger partial charge >= 0.3 is 0 Å². The molecule has 106 valence electrons. The molecule has 1 aliphatic carbocycles. The number of hydrogen-bond donors (Lipinski definition) is 1. The van der Waals surface area contributed by atoms with Crippen molar-refractivity contribution in [1.82, 2.24) is 10.1 Å². The van der Waals surface area contributed by atoms with Gasteiger partial charge in [-0.25, -0.2) is 0 Å². The van der Waals surface area contributed by atoms with Crippen molar-refractivity contribution in [2.75, 3.05) is 0 Å². The Balaban J connectivity index is 1.83. The maximum atomic E-state index is 6.35. The zero-order valence-electron chi connectivity index (χ0n) is 11.5. The largest absolute Gasteiger partial charge is 0.339 e. The lowest BCUT2D eigenvalue weighted by atomic mass is 9.95. The fraction of sp³-hybridized carbons (Fsp3) is 0.467. The number of aromatic nitrogens is 2. The lowest BCUT2D eigenvalue weighted by molar-refractivity contribution is 0.329. The highest BCUT2D eigenvalue weighted by atomic mass is 79.9. The molecular formula is C15H18BrN3O. The fourth-order valence-electron chi connectivity index (χ4n) is 2.79. The minimum atomic E-state index is -0.158. The first-order chi connectivity index (χ1) is 9.56. The molecule has 1 aromatic carbocycles. The predicted octanol–water partition coefficient (Wildman–Crippen LogP) is 3.62. The molecule has 4 nitrogen and oxygen atoms in total. The highest BCUT2D eigenvalue weighted by molar-refractivity contribution is 9.10. The third-order valence-electron chi connectivity index (χ3n) is 3.94. The highest BCUT2D eigenvalue weighted by Gasteiger charge is 2.31. The molecule has 1 saturated carbocycles. The molecule has 3 rings (SSSR count). The summed E-state index contributed by atoms with van der Waals surface area (Å²) in [5, 5.41) is 4.08. The van der Waals surface area contributed by atoms with Crippen molar-refractivity contribution < 1.29 is 4.52 Å². The van der Waals surface area contributed by atoms with E-state index in [-0.39, 0.29) is 5.54 Å². The first-order valence-corrected chi connectivity index (χ1v) is 7.73. The van der Waals surface area contributed by atoms with Crippen LogP contribution >= 0.6 is 15.9 Å². The average molecular weight is 336 g/mol. The van der Waals surface area contributed by atoms with Crippen molar-refractivity contribution in [3.8, 4) is 11.4 Å². The molecule has 1 fully saturated rings. The molecule has 0 atom stereocenters. The summed E-state index contributed by atoms with van der Waals surface area (Å²) in [5.41, 5.74) is 8.33. The zero-order chi connectivity index (χ0) is 14.2. The molecule has 0 spiro atoms. The average Bonchev–Trinajstić information content (AvgIpc) is 2.99. The van der Waals surface area contributed by atoms with Crippen LogP contribution in [0, 0.1) is 6.92 Å². The Kier molecular flexibility index (Phi) is 3.65. The molecule has 0 amide bonds. The predicted molar refractivity (Wildman–Crippen MR) is 81.3 cm³/mol. The van der Waals surface area contributed by atoms with E-state index >= 15 is 0 Å². The quantitative estimate of drug-likeness (QED) is 0.930. The van der Waals surface area contributed by atoms with Crippen molar-refractivity contribution in [3.05, 3.63) is 34.1 Å². The summed E-state index contributed by atoms with van der Waals surface area (Å²) in [7, 11) is 0. The zero-order valence-corrected chi connectivity index (χ0v) is 13.1. The van der Waals surface area contributed by atoms with Crippen LogP contribution in [0.1, 0.15) is 37.1 Å². The van der Waals surface area contributed by atoms with Crippen LogP contribution in [-0.4, -0.2) is 15.7 Å². The monoisotopic (exact) mass is 335 g/mol. The molecule has 0 radical (unpaired) electrons. The summed E-state index contributed by atoms with van der Waals surface area (Å²) in [5.74, 6) is 1.25. The minimum absolute atomic E-state index is 0.158. The third-order valence-corrected chi connectivity index (χ3v) is 4.59. The Morgan fingerprint density at radius 1 is 1.35 bits per heavy atom. The smallest absolute Gasteiger partial charge is 0.228 e. The normalized spacial score (nSPS) is 17.6. The van der Waals surface area contributed by atoms with E-state index in [9.17, 15) is 0 Å². The van der Waals surface area contributed by atoms with Crippen molar-refractivity contribution >= 4 is 15.9 Å². The summed E-state index contributed by atoms with van der Waals surface area (Å²) in [4.78, 5) is 4.49. The number of rotatable bonds is 3. The first kappa shape index (κ1) is 13.8. The van der Waals surface area contributed by atoms with Gasteiger partial charge in [0.25, 0.3) is 0 Å². The van der Waals surface area contributed by atoms with Gasteiger partial charge in [-0.2, -0.15) is 4.98 Å². The number of benzene rings is 1. The third kappa shape index (κ3) is 2.79. The summed E-state index contributed by atoms with van der Waals surface area (Å²) in [6.07, 6.45) is 5.14. The molecule has 2 aromatic rings. The lowest BCUT2D eigenvalue weighted by Crippen LogP contribution is -2.38. The van der Waals surface area contributed by atoms with Gasteiger partial charge in [0, 0.05) is 22.0 Å². The Hall–Kier alpha value is -1.20. The van der Waals surface area contributed by atoms with Crippen LogP contribution in [0.25, 0.3) is 11.4 Å². The van der Waals surface area contributed by atoms with Gasteiger partial charge in [-0.1, -0.05) is 40.0 Å². The van der Waals surface area contributed by atoms with E-state index < -0.39 is 0 Å². The van der Waals surface area contributed by atoms with Crippen molar-refractivity contribution in [1.29, 1.82) is 0 Å². The lowest BCUT2D eigenvalue weighted by Gasteiger charge is -2.20. The van der Waals surface area contributed by atoms with Gasteiger partial charge in [0.15, 0.2) is 0 Å². The second-order valence-corrected chi connectivity index (χ2v) is 6.60. The number of aryl methyl sites for hydroxylation is 1. The van der Waals surface area contributed by atoms with E-state index in [0.717, 1.165) is 22.9 Å². The number of nitrogens with two attached hydrogens (primary N) is 1. The van der Waals surface area contributed by atoms with Gasteiger partial charge in [0.1, 0.15) is 0 Å². The van der Waals surface area contributed by atoms with Crippen LogP contribution in [0.15, 0.2) is 27.2 Å². The molecule has 0 saturated heterocycles. The van der Waals surface area contributed by atoms with E-state index in [4.69, 9.17) is 10.3 Å². The summed E-state index contributed by atoms with van der Waals surface area (Å²) in [6, 6.07) is 6.09. The van der Waals surface area contributed by atoms with E-state index in [1.807, 2.05) is 18.2 Å². The molecular weight excluding hydrogens is 318 g/mol. The molecule has 1 aromatic heterocycles. The maximum Gasteiger partial charge on any atom is 0.228 e. The molecule has 0 unspecified atom stereocenters. The van der Waals surface area contributed by atoms with Crippen LogP contribution in [-0.2, 0) is 6.42 Å². The van der Waals surface area contributed by atoms with Gasteiger partial charge in [-0.3, -0.25) is 0 Å². The Morgan fingerprint density at radius 3 is 2.80 bits per heavy atom. The Bertz CT molecular complexity index is 617. The van der Waals surface area contributed by atoms with Gasteiger partial charge in [0.05, 0.1) is 0 Å². The highest BCUT2D eigenvalue weighted by Crippen LogP contribution is 2.31. The second kappa shape index (κ2) is 5.30. The standard InChI is InChI=1S/C15H18BrN3O/c1-10-4-5-11(12(16)8-10)14-18-13(20-19-14)9-15(17)6-2-3-7-15/h4-5,8H,2-3,6-7,9,17H2,1H3. The van der Waals surface area contributed by atoms with Gasteiger partial charge in [-0.15, -0.1) is 0 Å². The molecule has 2 N–H and O–H groups in total. The van der Waals surface area contributed by atoms with Gasteiger partial charge < -0.3 is 10.3 Å². The van der Waals surface area contributed by atoms with Crippen molar-refractivity contribution in [2.24, 2.45) is 5.73 Å².